The lowest BCUT2D eigenvalue weighted by Gasteiger charge is -2.11. The van der Waals surface area contributed by atoms with Crippen LogP contribution in [-0.2, 0) is 16.0 Å². The van der Waals surface area contributed by atoms with Crippen LogP contribution in [0.5, 0.6) is 17.2 Å². The number of hydrogen-bond acceptors (Lipinski definition) is 4. The van der Waals surface area contributed by atoms with Crippen LogP contribution in [0.25, 0.3) is 0 Å². The molecule has 0 heterocycles. The van der Waals surface area contributed by atoms with E-state index in [1.165, 1.54) is 0 Å². The first-order valence-electron chi connectivity index (χ1n) is 9.65. The van der Waals surface area contributed by atoms with Gasteiger partial charge in [-0.2, -0.15) is 0 Å². The molecule has 2 N–H and O–H groups in total. The highest BCUT2D eigenvalue weighted by molar-refractivity contribution is 5.91. The van der Waals surface area contributed by atoms with Gasteiger partial charge in [-0.25, -0.2) is 0 Å². The van der Waals surface area contributed by atoms with Crippen molar-refractivity contribution in [3.05, 3.63) is 84.4 Å². The first-order chi connectivity index (χ1) is 14.6. The van der Waals surface area contributed by atoms with E-state index in [2.05, 4.69) is 10.6 Å². The van der Waals surface area contributed by atoms with Gasteiger partial charge in [0.05, 0.1) is 13.5 Å². The Hall–Kier alpha value is -3.80. The van der Waals surface area contributed by atoms with Gasteiger partial charge in [0.15, 0.2) is 11.5 Å². The molecule has 0 aliphatic carbocycles. The first kappa shape index (κ1) is 20.9. The summed E-state index contributed by atoms with van der Waals surface area (Å²) >= 11 is 0. The smallest absolute Gasteiger partial charge is 0.226 e. The predicted molar refractivity (Wildman–Crippen MR) is 116 cm³/mol. The topological polar surface area (TPSA) is 76.7 Å². The highest BCUT2D eigenvalue weighted by Gasteiger charge is 2.07. The fourth-order valence-electron chi connectivity index (χ4n) is 2.82. The number of ether oxygens (including phenoxy) is 2. The van der Waals surface area contributed by atoms with E-state index >= 15 is 0 Å². The van der Waals surface area contributed by atoms with Crippen molar-refractivity contribution in [2.24, 2.45) is 0 Å². The van der Waals surface area contributed by atoms with E-state index < -0.39 is 0 Å². The molecule has 0 aliphatic rings. The highest BCUT2D eigenvalue weighted by atomic mass is 16.5. The van der Waals surface area contributed by atoms with Crippen molar-refractivity contribution in [2.75, 3.05) is 19.0 Å². The second-order valence-corrected chi connectivity index (χ2v) is 6.59. The third kappa shape index (κ3) is 6.38. The Bertz CT molecular complexity index is 972. The Morgan fingerprint density at radius 1 is 0.800 bits per heavy atom. The van der Waals surface area contributed by atoms with E-state index in [1.807, 2.05) is 54.6 Å². The number of anilines is 1. The van der Waals surface area contributed by atoms with E-state index in [9.17, 15) is 9.59 Å². The average Bonchev–Trinajstić information content (AvgIpc) is 2.76. The van der Waals surface area contributed by atoms with Crippen molar-refractivity contribution in [1.29, 1.82) is 0 Å². The molecule has 6 heteroatoms. The molecular formula is C24H24N2O4. The van der Waals surface area contributed by atoms with Gasteiger partial charge in [0, 0.05) is 18.7 Å². The van der Waals surface area contributed by atoms with Gasteiger partial charge in [0.25, 0.3) is 0 Å². The van der Waals surface area contributed by atoms with Gasteiger partial charge in [-0.1, -0.05) is 42.5 Å². The lowest BCUT2D eigenvalue weighted by atomic mass is 10.1. The van der Waals surface area contributed by atoms with E-state index in [0.717, 1.165) is 5.56 Å². The predicted octanol–water partition coefficient (Wildman–Crippen LogP) is 4.18. The molecule has 6 nitrogen and oxygen atoms in total. The summed E-state index contributed by atoms with van der Waals surface area (Å²) in [4.78, 5) is 24.0. The summed E-state index contributed by atoms with van der Waals surface area (Å²) in [6.07, 6.45) is 0.496. The van der Waals surface area contributed by atoms with E-state index in [-0.39, 0.29) is 24.8 Å². The van der Waals surface area contributed by atoms with Gasteiger partial charge in [-0.05, 0) is 42.0 Å². The second-order valence-electron chi connectivity index (χ2n) is 6.59. The van der Waals surface area contributed by atoms with Crippen LogP contribution >= 0.6 is 0 Å². The lowest BCUT2D eigenvalue weighted by molar-refractivity contribution is -0.120. The molecule has 0 bridgehead atoms. The number of hydrogen-bond donors (Lipinski definition) is 2. The molecule has 0 radical (unpaired) electrons. The number of amides is 2. The van der Waals surface area contributed by atoms with Crippen molar-refractivity contribution in [2.45, 2.75) is 12.8 Å². The molecule has 2 amide bonds. The third-order valence-corrected chi connectivity index (χ3v) is 4.32. The SMILES string of the molecule is COc1ccccc1Oc1ccc(NC(=O)CCNC(=O)Cc2ccccc2)cc1. The Labute approximate surface area is 175 Å². The van der Waals surface area contributed by atoms with Crippen LogP contribution in [0.3, 0.4) is 0 Å². The molecule has 0 aliphatic heterocycles. The maximum Gasteiger partial charge on any atom is 0.226 e. The number of carbonyl (C=O) groups is 2. The quantitative estimate of drug-likeness (QED) is 0.561. The molecule has 0 fully saturated rings. The molecule has 3 rings (SSSR count). The zero-order valence-corrected chi connectivity index (χ0v) is 16.8. The molecule has 30 heavy (non-hydrogen) atoms. The van der Waals surface area contributed by atoms with Crippen molar-refractivity contribution >= 4 is 17.5 Å². The van der Waals surface area contributed by atoms with E-state index in [4.69, 9.17) is 9.47 Å². The average molecular weight is 404 g/mol. The Morgan fingerprint density at radius 2 is 1.47 bits per heavy atom. The molecule has 0 spiro atoms. The lowest BCUT2D eigenvalue weighted by Crippen LogP contribution is -2.28. The number of methoxy groups -OCH3 is 1. The standard InChI is InChI=1S/C24H24N2O4/c1-29-21-9-5-6-10-22(21)30-20-13-11-19(12-14-20)26-23(27)15-16-25-24(28)17-18-7-3-2-4-8-18/h2-14H,15-17H2,1H3,(H,25,28)(H,26,27). The molecule has 0 unspecified atom stereocenters. The zero-order valence-electron chi connectivity index (χ0n) is 16.8. The number of para-hydroxylation sites is 2. The minimum Gasteiger partial charge on any atom is -0.493 e. The van der Waals surface area contributed by atoms with Crippen LogP contribution in [0, 0.1) is 0 Å². The Kier molecular flexibility index (Phi) is 7.44. The summed E-state index contributed by atoms with van der Waals surface area (Å²) in [6.45, 7) is 0.284. The summed E-state index contributed by atoms with van der Waals surface area (Å²) in [5.41, 5.74) is 1.60. The summed E-state index contributed by atoms with van der Waals surface area (Å²) in [5.74, 6) is 1.61. The largest absolute Gasteiger partial charge is 0.493 e. The van der Waals surface area contributed by atoms with Crippen molar-refractivity contribution in [3.8, 4) is 17.2 Å². The summed E-state index contributed by atoms with van der Waals surface area (Å²) in [5, 5.41) is 5.57. The van der Waals surface area contributed by atoms with Crippen molar-refractivity contribution < 1.29 is 19.1 Å². The fraction of sp³-hybridized carbons (Fsp3) is 0.167. The Balaban J connectivity index is 1.42. The van der Waals surface area contributed by atoms with Crippen LogP contribution in [0.1, 0.15) is 12.0 Å². The first-order valence-corrected chi connectivity index (χ1v) is 9.65. The highest BCUT2D eigenvalue weighted by Crippen LogP contribution is 2.31. The van der Waals surface area contributed by atoms with Gasteiger partial charge >= 0.3 is 0 Å². The molecular weight excluding hydrogens is 380 g/mol. The summed E-state index contributed by atoms with van der Waals surface area (Å²) in [6, 6.07) is 23.9. The van der Waals surface area contributed by atoms with Gasteiger partial charge in [-0.3, -0.25) is 9.59 Å². The van der Waals surface area contributed by atoms with Crippen molar-refractivity contribution in [1.82, 2.24) is 5.32 Å². The monoisotopic (exact) mass is 404 g/mol. The van der Waals surface area contributed by atoms with E-state index in [0.29, 0.717) is 29.4 Å². The maximum atomic E-state index is 12.1. The van der Waals surface area contributed by atoms with Crippen LogP contribution in [0.2, 0.25) is 0 Å². The van der Waals surface area contributed by atoms with E-state index in [1.54, 1.807) is 31.4 Å². The van der Waals surface area contributed by atoms with Gasteiger partial charge in [-0.15, -0.1) is 0 Å². The fourth-order valence-corrected chi connectivity index (χ4v) is 2.82. The molecule has 0 saturated heterocycles. The van der Waals surface area contributed by atoms with Gasteiger partial charge in [0.1, 0.15) is 5.75 Å². The number of benzene rings is 3. The molecule has 0 atom stereocenters. The summed E-state index contributed by atoms with van der Waals surface area (Å²) < 4.78 is 11.1. The number of nitrogens with one attached hydrogen (secondary N) is 2. The summed E-state index contributed by atoms with van der Waals surface area (Å²) in [7, 11) is 1.59. The molecule has 0 aromatic heterocycles. The molecule has 154 valence electrons. The normalized spacial score (nSPS) is 10.2. The van der Waals surface area contributed by atoms with Gasteiger partial charge < -0.3 is 20.1 Å². The minimum absolute atomic E-state index is 0.105. The maximum absolute atomic E-state index is 12.1. The van der Waals surface area contributed by atoms with Crippen molar-refractivity contribution in [3.63, 3.8) is 0 Å². The number of rotatable bonds is 9. The second kappa shape index (κ2) is 10.7. The van der Waals surface area contributed by atoms with Gasteiger partial charge in [0.2, 0.25) is 11.8 Å². The van der Waals surface area contributed by atoms with Crippen LogP contribution < -0.4 is 20.1 Å². The van der Waals surface area contributed by atoms with Crippen LogP contribution in [-0.4, -0.2) is 25.5 Å². The zero-order chi connectivity index (χ0) is 21.2. The number of carbonyl (C=O) groups excluding carboxylic acids is 2. The molecule has 0 saturated carbocycles. The van der Waals surface area contributed by atoms with Crippen LogP contribution in [0.4, 0.5) is 5.69 Å². The molecule has 3 aromatic carbocycles. The minimum atomic E-state index is -0.173. The van der Waals surface area contributed by atoms with Crippen LogP contribution in [0.15, 0.2) is 78.9 Å². The molecule has 3 aromatic rings. The Morgan fingerprint density at radius 3 is 2.17 bits per heavy atom. The third-order valence-electron chi connectivity index (χ3n) is 4.32.